The molecular weight excluding hydrogens is 585 g/mol. The summed E-state index contributed by atoms with van der Waals surface area (Å²) in [6.07, 6.45) is 0.317. The second-order valence-electron chi connectivity index (χ2n) is 9.86. The maximum absolute atomic E-state index is 14.1. The molecule has 11 heteroatoms. The van der Waals surface area contributed by atoms with Crippen LogP contribution in [0.5, 0.6) is 5.75 Å². The van der Waals surface area contributed by atoms with Crippen LogP contribution in [0.2, 0.25) is 10.0 Å². The van der Waals surface area contributed by atoms with E-state index in [9.17, 15) is 18.0 Å². The van der Waals surface area contributed by atoms with E-state index in [1.165, 1.54) is 35.2 Å². The number of ether oxygens (including phenoxy) is 1. The molecule has 220 valence electrons. The Morgan fingerprint density at radius 1 is 0.951 bits per heavy atom. The first-order valence-corrected chi connectivity index (χ1v) is 15.4. The Labute approximate surface area is 252 Å². The fraction of sp³-hybridized carbons (Fsp3) is 0.333. The number of benzene rings is 3. The predicted molar refractivity (Wildman–Crippen MR) is 163 cm³/mol. The van der Waals surface area contributed by atoms with Crippen LogP contribution in [0.4, 0.5) is 5.69 Å². The number of rotatable bonds is 13. The molecule has 0 bridgehead atoms. The van der Waals surface area contributed by atoms with E-state index in [4.69, 9.17) is 27.9 Å². The van der Waals surface area contributed by atoms with Crippen molar-refractivity contribution in [3.05, 3.63) is 88.4 Å². The lowest BCUT2D eigenvalue weighted by atomic mass is 10.1. The minimum atomic E-state index is -4.21. The van der Waals surface area contributed by atoms with Crippen LogP contribution < -0.4 is 14.4 Å². The van der Waals surface area contributed by atoms with Crippen molar-refractivity contribution < 1.29 is 22.7 Å². The third-order valence-corrected chi connectivity index (χ3v) is 8.89. The molecule has 2 amide bonds. The van der Waals surface area contributed by atoms with Gasteiger partial charge in [0.15, 0.2) is 0 Å². The predicted octanol–water partition coefficient (Wildman–Crippen LogP) is 5.78. The molecule has 3 rings (SSSR count). The number of nitrogens with one attached hydrogen (secondary N) is 1. The molecule has 0 aromatic heterocycles. The SMILES string of the molecule is CCC(C(=O)NCC(C)C)N(Cc1cccc(OC)c1)C(=O)CN(c1ccc(Cl)c(Cl)c1)S(=O)(=O)c1ccccc1. The monoisotopic (exact) mass is 619 g/mol. The molecule has 0 heterocycles. The second kappa shape index (κ2) is 14.6. The van der Waals surface area contributed by atoms with Gasteiger partial charge in [0, 0.05) is 13.1 Å². The summed E-state index contributed by atoms with van der Waals surface area (Å²) in [5.74, 6) is -0.0779. The minimum Gasteiger partial charge on any atom is -0.497 e. The highest BCUT2D eigenvalue weighted by Gasteiger charge is 2.34. The van der Waals surface area contributed by atoms with Gasteiger partial charge >= 0.3 is 0 Å². The van der Waals surface area contributed by atoms with Crippen LogP contribution in [0.15, 0.2) is 77.7 Å². The summed E-state index contributed by atoms with van der Waals surface area (Å²) >= 11 is 12.4. The second-order valence-corrected chi connectivity index (χ2v) is 12.5. The molecule has 0 aliphatic heterocycles. The number of hydrogen-bond acceptors (Lipinski definition) is 5. The zero-order valence-corrected chi connectivity index (χ0v) is 25.8. The molecule has 3 aromatic carbocycles. The average molecular weight is 621 g/mol. The van der Waals surface area contributed by atoms with E-state index < -0.39 is 28.5 Å². The molecule has 0 fully saturated rings. The van der Waals surface area contributed by atoms with Crippen LogP contribution in [-0.4, -0.2) is 51.4 Å². The molecule has 1 N–H and O–H groups in total. The first-order chi connectivity index (χ1) is 19.5. The Hall–Kier alpha value is -3.27. The highest BCUT2D eigenvalue weighted by molar-refractivity contribution is 7.92. The van der Waals surface area contributed by atoms with E-state index >= 15 is 0 Å². The Morgan fingerprint density at radius 3 is 2.27 bits per heavy atom. The van der Waals surface area contributed by atoms with E-state index in [-0.39, 0.29) is 39.0 Å². The standard InChI is InChI=1S/C30H35Cl2N3O5S/c1-5-28(30(37)33-18-21(2)3)34(19-22-10-9-11-24(16-22)40-4)29(36)20-35(23-14-15-26(31)27(32)17-23)41(38,39)25-12-7-6-8-13-25/h6-17,21,28H,5,18-20H2,1-4H3,(H,33,37). The largest absolute Gasteiger partial charge is 0.497 e. The van der Waals surface area contributed by atoms with E-state index in [1.54, 1.807) is 43.5 Å². The van der Waals surface area contributed by atoms with Crippen molar-refractivity contribution in [2.75, 3.05) is 24.5 Å². The van der Waals surface area contributed by atoms with Crippen molar-refractivity contribution in [2.24, 2.45) is 5.92 Å². The van der Waals surface area contributed by atoms with Crippen LogP contribution >= 0.6 is 23.2 Å². The van der Waals surface area contributed by atoms with Gasteiger partial charge in [-0.3, -0.25) is 13.9 Å². The molecular formula is C30H35Cl2N3O5S. The lowest BCUT2D eigenvalue weighted by Gasteiger charge is -2.33. The first kappa shape index (κ1) is 32.2. The number of anilines is 1. The Balaban J connectivity index is 2.07. The van der Waals surface area contributed by atoms with E-state index in [0.29, 0.717) is 18.7 Å². The van der Waals surface area contributed by atoms with Gasteiger partial charge in [0.1, 0.15) is 18.3 Å². The number of nitrogens with zero attached hydrogens (tertiary/aromatic N) is 2. The van der Waals surface area contributed by atoms with E-state index in [2.05, 4.69) is 5.32 Å². The molecule has 0 spiro atoms. The number of carbonyl (C=O) groups is 2. The third-order valence-electron chi connectivity index (χ3n) is 6.36. The average Bonchev–Trinajstić information content (AvgIpc) is 2.96. The fourth-order valence-corrected chi connectivity index (χ4v) is 5.92. The van der Waals surface area contributed by atoms with E-state index in [0.717, 1.165) is 9.87 Å². The van der Waals surface area contributed by atoms with Crippen molar-refractivity contribution >= 4 is 50.7 Å². The lowest BCUT2D eigenvalue weighted by Crippen LogP contribution is -2.52. The van der Waals surface area contributed by atoms with E-state index in [1.807, 2.05) is 26.8 Å². The Morgan fingerprint density at radius 2 is 1.66 bits per heavy atom. The minimum absolute atomic E-state index is 0.0000591. The highest BCUT2D eigenvalue weighted by atomic mass is 35.5. The molecule has 1 unspecified atom stereocenters. The molecule has 8 nitrogen and oxygen atoms in total. The topological polar surface area (TPSA) is 96.0 Å². The maximum atomic E-state index is 14.1. The number of amides is 2. The van der Waals surface area contributed by atoms with Crippen LogP contribution in [0, 0.1) is 5.92 Å². The summed E-state index contributed by atoms with van der Waals surface area (Å²) < 4.78 is 34.1. The zero-order chi connectivity index (χ0) is 30.2. The van der Waals surface area contributed by atoms with Gasteiger partial charge < -0.3 is 15.0 Å². The van der Waals surface area contributed by atoms with Crippen molar-refractivity contribution in [1.82, 2.24) is 10.2 Å². The molecule has 1 atom stereocenters. The van der Waals surface area contributed by atoms with Gasteiger partial charge in [0.25, 0.3) is 10.0 Å². The molecule has 41 heavy (non-hydrogen) atoms. The summed E-state index contributed by atoms with van der Waals surface area (Å²) in [4.78, 5) is 28.8. The van der Waals surface area contributed by atoms with Gasteiger partial charge in [-0.1, -0.05) is 74.3 Å². The summed E-state index contributed by atoms with van der Waals surface area (Å²) in [6.45, 7) is 5.68. The molecule has 3 aromatic rings. The normalized spacial score (nSPS) is 12.1. The van der Waals surface area contributed by atoms with Crippen LogP contribution in [-0.2, 0) is 26.2 Å². The van der Waals surface area contributed by atoms with Crippen molar-refractivity contribution in [2.45, 2.75) is 44.7 Å². The third kappa shape index (κ3) is 8.38. The van der Waals surface area contributed by atoms with Crippen molar-refractivity contribution in [1.29, 1.82) is 0 Å². The molecule has 0 radical (unpaired) electrons. The molecule has 0 aliphatic carbocycles. The summed E-state index contributed by atoms with van der Waals surface area (Å²) in [5.41, 5.74) is 0.884. The van der Waals surface area contributed by atoms with Gasteiger partial charge in [-0.2, -0.15) is 0 Å². The van der Waals surface area contributed by atoms with Crippen LogP contribution in [0.3, 0.4) is 0 Å². The summed E-state index contributed by atoms with van der Waals surface area (Å²) in [5, 5.41) is 3.29. The smallest absolute Gasteiger partial charge is 0.264 e. The maximum Gasteiger partial charge on any atom is 0.264 e. The summed E-state index contributed by atoms with van der Waals surface area (Å²) in [6, 6.07) is 18.5. The van der Waals surface area contributed by atoms with Crippen molar-refractivity contribution in [3.63, 3.8) is 0 Å². The van der Waals surface area contributed by atoms with Gasteiger partial charge in [-0.05, 0) is 60.4 Å². The molecule has 0 saturated carbocycles. The fourth-order valence-electron chi connectivity index (χ4n) is 4.20. The van der Waals surface area contributed by atoms with Gasteiger partial charge in [-0.25, -0.2) is 8.42 Å². The van der Waals surface area contributed by atoms with Crippen LogP contribution in [0.25, 0.3) is 0 Å². The van der Waals surface area contributed by atoms with Crippen molar-refractivity contribution in [3.8, 4) is 5.75 Å². The first-order valence-electron chi connectivity index (χ1n) is 13.2. The Kier molecular flexibility index (Phi) is 11.5. The highest BCUT2D eigenvalue weighted by Crippen LogP contribution is 2.31. The summed E-state index contributed by atoms with van der Waals surface area (Å²) in [7, 11) is -2.66. The number of sulfonamides is 1. The lowest BCUT2D eigenvalue weighted by molar-refractivity contribution is -0.140. The van der Waals surface area contributed by atoms with Gasteiger partial charge in [0.05, 0.1) is 27.7 Å². The van der Waals surface area contributed by atoms with Gasteiger partial charge in [0.2, 0.25) is 11.8 Å². The molecule has 0 aliphatic rings. The quantitative estimate of drug-likeness (QED) is 0.262. The number of carbonyl (C=O) groups excluding carboxylic acids is 2. The Bertz CT molecular complexity index is 1450. The zero-order valence-electron chi connectivity index (χ0n) is 23.5. The number of halogens is 2. The van der Waals surface area contributed by atoms with Crippen LogP contribution in [0.1, 0.15) is 32.8 Å². The van der Waals surface area contributed by atoms with Gasteiger partial charge in [-0.15, -0.1) is 0 Å². The molecule has 0 saturated heterocycles. The number of methoxy groups -OCH3 is 1. The number of hydrogen-bond donors (Lipinski definition) is 1.